The summed E-state index contributed by atoms with van der Waals surface area (Å²) in [6.07, 6.45) is 0. The first-order chi connectivity index (χ1) is 7.75. The zero-order chi connectivity index (χ0) is 11.4. The van der Waals surface area contributed by atoms with Crippen molar-refractivity contribution in [3.8, 4) is 0 Å². The largest absolute Gasteiger partial charge is 0.347 e. The Hall–Kier alpha value is -1.20. The molecule has 0 aliphatic rings. The zero-order valence-electron chi connectivity index (χ0n) is 8.31. The number of nitrogens with one attached hydrogen (secondary N) is 1. The van der Waals surface area contributed by atoms with Crippen LogP contribution in [-0.2, 0) is 6.54 Å². The molecule has 0 aliphatic carbocycles. The summed E-state index contributed by atoms with van der Waals surface area (Å²) in [5.74, 6) is -0.138. The van der Waals surface area contributed by atoms with Crippen LogP contribution in [0, 0.1) is 0 Å². The Labute approximate surface area is 106 Å². The van der Waals surface area contributed by atoms with Gasteiger partial charge in [-0.3, -0.25) is 4.79 Å². The van der Waals surface area contributed by atoms with Gasteiger partial charge in [-0.2, -0.15) is 0 Å². The second-order valence-corrected chi connectivity index (χ2v) is 4.82. The minimum atomic E-state index is -0.138. The fourth-order valence-electron chi connectivity index (χ4n) is 1.24. The molecule has 0 bridgehead atoms. The highest BCUT2D eigenvalue weighted by atomic mass is 79.9. The lowest BCUT2D eigenvalue weighted by Crippen LogP contribution is -2.22. The van der Waals surface area contributed by atoms with Crippen LogP contribution in [0.15, 0.2) is 39.6 Å². The third kappa shape index (κ3) is 2.90. The normalized spacial score (nSPS) is 10.1. The number of carbonyl (C=O) groups is 1. The Balaban J connectivity index is 1.95. The van der Waals surface area contributed by atoms with Crippen LogP contribution in [0.1, 0.15) is 16.1 Å². The van der Waals surface area contributed by atoms with Gasteiger partial charge in [0.05, 0.1) is 5.51 Å². The van der Waals surface area contributed by atoms with E-state index < -0.39 is 0 Å². The Kier molecular flexibility index (Phi) is 3.69. The van der Waals surface area contributed by atoms with Crippen LogP contribution in [-0.4, -0.2) is 10.9 Å². The van der Waals surface area contributed by atoms with Gasteiger partial charge in [0.15, 0.2) is 0 Å². The van der Waals surface area contributed by atoms with Gasteiger partial charge in [-0.25, -0.2) is 4.98 Å². The number of amides is 1. The monoisotopic (exact) mass is 296 g/mol. The molecule has 1 N–H and O–H groups in total. The summed E-state index contributed by atoms with van der Waals surface area (Å²) in [6, 6.07) is 7.83. The molecule has 0 fully saturated rings. The van der Waals surface area contributed by atoms with Crippen LogP contribution in [0.4, 0.5) is 0 Å². The SMILES string of the molecule is O=C(NCc1cccc(Br)c1)c1cscn1. The van der Waals surface area contributed by atoms with Crippen molar-refractivity contribution in [2.75, 3.05) is 0 Å². The lowest BCUT2D eigenvalue weighted by Gasteiger charge is -2.03. The number of benzene rings is 1. The maximum Gasteiger partial charge on any atom is 0.271 e. The minimum Gasteiger partial charge on any atom is -0.347 e. The Morgan fingerprint density at radius 1 is 1.50 bits per heavy atom. The second-order valence-electron chi connectivity index (χ2n) is 3.19. The van der Waals surface area contributed by atoms with E-state index in [9.17, 15) is 4.79 Å². The maximum absolute atomic E-state index is 11.6. The second kappa shape index (κ2) is 5.23. The Bertz CT molecular complexity index is 484. The molecule has 1 heterocycles. The van der Waals surface area contributed by atoms with Crippen molar-refractivity contribution in [1.82, 2.24) is 10.3 Å². The van der Waals surface area contributed by atoms with E-state index in [2.05, 4.69) is 26.2 Å². The average Bonchev–Trinajstić information content (AvgIpc) is 2.79. The van der Waals surface area contributed by atoms with Crippen LogP contribution in [0.25, 0.3) is 0 Å². The van der Waals surface area contributed by atoms with Gasteiger partial charge in [0.2, 0.25) is 0 Å². The van der Waals surface area contributed by atoms with Gasteiger partial charge < -0.3 is 5.32 Å². The van der Waals surface area contributed by atoms with Gasteiger partial charge in [-0.05, 0) is 17.7 Å². The van der Waals surface area contributed by atoms with Gasteiger partial charge in [0.25, 0.3) is 5.91 Å². The van der Waals surface area contributed by atoms with Crippen molar-refractivity contribution in [1.29, 1.82) is 0 Å². The fourth-order valence-corrected chi connectivity index (χ4v) is 2.22. The molecule has 5 heteroatoms. The van der Waals surface area contributed by atoms with E-state index in [1.54, 1.807) is 10.9 Å². The molecular weight excluding hydrogens is 288 g/mol. The van der Waals surface area contributed by atoms with E-state index in [1.165, 1.54) is 11.3 Å². The van der Waals surface area contributed by atoms with Crippen LogP contribution in [0.3, 0.4) is 0 Å². The molecule has 0 aliphatic heterocycles. The van der Waals surface area contributed by atoms with Crippen LogP contribution in [0.5, 0.6) is 0 Å². The topological polar surface area (TPSA) is 42.0 Å². The summed E-state index contributed by atoms with van der Waals surface area (Å²) >= 11 is 4.80. The third-order valence-electron chi connectivity index (χ3n) is 2.01. The number of hydrogen-bond donors (Lipinski definition) is 1. The lowest BCUT2D eigenvalue weighted by atomic mass is 10.2. The summed E-state index contributed by atoms with van der Waals surface area (Å²) in [5, 5.41) is 4.55. The van der Waals surface area contributed by atoms with Crippen molar-refractivity contribution in [2.24, 2.45) is 0 Å². The summed E-state index contributed by atoms with van der Waals surface area (Å²) in [7, 11) is 0. The lowest BCUT2D eigenvalue weighted by molar-refractivity contribution is 0.0946. The Morgan fingerprint density at radius 2 is 2.38 bits per heavy atom. The summed E-state index contributed by atoms with van der Waals surface area (Å²) in [5.41, 5.74) is 3.17. The van der Waals surface area contributed by atoms with Crippen LogP contribution in [0.2, 0.25) is 0 Å². The standard InChI is InChI=1S/C11H9BrN2OS/c12-9-3-1-2-8(4-9)5-13-11(15)10-6-16-7-14-10/h1-4,6-7H,5H2,(H,13,15). The van der Waals surface area contributed by atoms with Crippen LogP contribution < -0.4 is 5.32 Å². The molecule has 0 spiro atoms. The summed E-state index contributed by atoms with van der Waals surface area (Å²) in [4.78, 5) is 15.5. The first kappa shape index (κ1) is 11.3. The summed E-state index contributed by atoms with van der Waals surface area (Å²) < 4.78 is 1.01. The molecule has 0 unspecified atom stereocenters. The van der Waals surface area contributed by atoms with Crippen molar-refractivity contribution in [3.63, 3.8) is 0 Å². The number of halogens is 1. The quantitative estimate of drug-likeness (QED) is 0.946. The molecule has 1 amide bonds. The predicted molar refractivity (Wildman–Crippen MR) is 67.4 cm³/mol. The first-order valence-corrected chi connectivity index (χ1v) is 6.40. The number of carbonyl (C=O) groups excluding carboxylic acids is 1. The van der Waals surface area contributed by atoms with Gasteiger partial charge in [-0.1, -0.05) is 28.1 Å². The first-order valence-electron chi connectivity index (χ1n) is 4.66. The number of aromatic nitrogens is 1. The molecule has 0 saturated heterocycles. The molecule has 2 aromatic rings. The average molecular weight is 297 g/mol. The smallest absolute Gasteiger partial charge is 0.271 e. The van der Waals surface area contributed by atoms with Gasteiger partial charge in [0.1, 0.15) is 5.69 Å². The van der Waals surface area contributed by atoms with E-state index in [1.807, 2.05) is 24.3 Å². The van der Waals surface area contributed by atoms with Crippen LogP contribution >= 0.6 is 27.3 Å². The van der Waals surface area contributed by atoms with Crippen molar-refractivity contribution < 1.29 is 4.79 Å². The third-order valence-corrected chi connectivity index (χ3v) is 3.09. The summed E-state index contributed by atoms with van der Waals surface area (Å²) in [6.45, 7) is 0.510. The minimum absolute atomic E-state index is 0.138. The molecular formula is C11H9BrN2OS. The van der Waals surface area contributed by atoms with E-state index in [-0.39, 0.29) is 5.91 Å². The number of hydrogen-bond acceptors (Lipinski definition) is 3. The number of thiazole rings is 1. The number of rotatable bonds is 3. The molecule has 16 heavy (non-hydrogen) atoms. The van der Waals surface area contributed by atoms with Gasteiger partial charge >= 0.3 is 0 Å². The number of nitrogens with zero attached hydrogens (tertiary/aromatic N) is 1. The molecule has 82 valence electrons. The van der Waals surface area contributed by atoms with E-state index >= 15 is 0 Å². The molecule has 2 rings (SSSR count). The predicted octanol–water partition coefficient (Wildman–Crippen LogP) is 2.84. The van der Waals surface area contributed by atoms with Crippen molar-refractivity contribution in [2.45, 2.75) is 6.54 Å². The highest BCUT2D eigenvalue weighted by Crippen LogP contribution is 2.11. The zero-order valence-corrected chi connectivity index (χ0v) is 10.7. The molecule has 1 aromatic heterocycles. The molecule has 1 aromatic carbocycles. The Morgan fingerprint density at radius 3 is 3.06 bits per heavy atom. The van der Waals surface area contributed by atoms with E-state index in [0.717, 1.165) is 10.0 Å². The van der Waals surface area contributed by atoms with E-state index in [0.29, 0.717) is 12.2 Å². The molecule has 0 saturated carbocycles. The fraction of sp³-hybridized carbons (Fsp3) is 0.0909. The van der Waals surface area contributed by atoms with E-state index in [4.69, 9.17) is 0 Å². The van der Waals surface area contributed by atoms with Crippen molar-refractivity contribution in [3.05, 3.63) is 50.9 Å². The molecule has 0 radical (unpaired) electrons. The molecule has 3 nitrogen and oxygen atoms in total. The van der Waals surface area contributed by atoms with Crippen molar-refractivity contribution >= 4 is 33.2 Å². The highest BCUT2D eigenvalue weighted by molar-refractivity contribution is 9.10. The highest BCUT2D eigenvalue weighted by Gasteiger charge is 2.06. The van der Waals surface area contributed by atoms with Gasteiger partial charge in [0, 0.05) is 16.4 Å². The van der Waals surface area contributed by atoms with Gasteiger partial charge in [-0.15, -0.1) is 11.3 Å². The maximum atomic E-state index is 11.6. The molecule has 0 atom stereocenters.